The Hall–Kier alpha value is -1.59. The first kappa shape index (κ1) is 15.9. The Bertz CT molecular complexity index is 598. The van der Waals surface area contributed by atoms with E-state index in [1.54, 1.807) is 0 Å². The monoisotopic (exact) mass is 330 g/mol. The fourth-order valence-electron chi connectivity index (χ4n) is 4.20. The molecule has 1 atom stereocenters. The van der Waals surface area contributed by atoms with Crippen LogP contribution in [0.4, 0.5) is 0 Å². The van der Waals surface area contributed by atoms with E-state index in [2.05, 4.69) is 15.9 Å². The molecule has 1 spiro atoms. The molecule has 2 saturated heterocycles. The molecule has 0 aliphatic carbocycles. The van der Waals surface area contributed by atoms with Crippen LogP contribution in [0.15, 0.2) is 24.3 Å². The number of para-hydroxylation sites is 1. The van der Waals surface area contributed by atoms with Crippen molar-refractivity contribution in [2.24, 2.45) is 5.41 Å². The van der Waals surface area contributed by atoms with Crippen LogP contribution in [0.25, 0.3) is 0 Å². The first-order valence-electron chi connectivity index (χ1n) is 9.03. The lowest BCUT2D eigenvalue weighted by Gasteiger charge is -2.40. The largest absolute Gasteiger partial charge is 0.492 e. The third-order valence-corrected chi connectivity index (χ3v) is 5.59. The highest BCUT2D eigenvalue weighted by molar-refractivity contribution is 5.78. The lowest BCUT2D eigenvalue weighted by Crippen LogP contribution is -2.49. The van der Waals surface area contributed by atoms with Gasteiger partial charge in [-0.2, -0.15) is 0 Å². The summed E-state index contributed by atoms with van der Waals surface area (Å²) in [6.45, 7) is 6.13. The zero-order valence-corrected chi connectivity index (χ0v) is 14.2. The highest BCUT2D eigenvalue weighted by atomic mass is 16.5. The summed E-state index contributed by atoms with van der Waals surface area (Å²) in [5, 5.41) is 0. The molecule has 0 aromatic heterocycles. The van der Waals surface area contributed by atoms with E-state index in [-0.39, 0.29) is 11.3 Å². The van der Waals surface area contributed by atoms with E-state index in [9.17, 15) is 4.79 Å². The van der Waals surface area contributed by atoms with Crippen molar-refractivity contribution in [1.29, 1.82) is 0 Å². The minimum atomic E-state index is 0.225. The Morgan fingerprint density at radius 2 is 2.08 bits per heavy atom. The molecular formula is C19H26N2O3. The van der Waals surface area contributed by atoms with E-state index in [0.29, 0.717) is 13.2 Å². The average Bonchev–Trinajstić information content (AvgIpc) is 2.93. The SMILES string of the molecule is O=C(CN1CCOc2ccccc2C1)N1CCC[C@]2(CCOC2)C1. The highest BCUT2D eigenvalue weighted by Gasteiger charge is 2.40. The van der Waals surface area contributed by atoms with Crippen LogP contribution in [-0.2, 0) is 16.1 Å². The molecule has 3 aliphatic heterocycles. The zero-order valence-electron chi connectivity index (χ0n) is 14.2. The molecule has 5 nitrogen and oxygen atoms in total. The summed E-state index contributed by atoms with van der Waals surface area (Å²) in [4.78, 5) is 17.1. The van der Waals surface area contributed by atoms with Crippen LogP contribution in [0.3, 0.4) is 0 Å². The van der Waals surface area contributed by atoms with E-state index in [1.807, 2.05) is 18.2 Å². The summed E-state index contributed by atoms with van der Waals surface area (Å²) in [5.41, 5.74) is 1.39. The predicted molar refractivity (Wildman–Crippen MR) is 90.9 cm³/mol. The fourth-order valence-corrected chi connectivity index (χ4v) is 4.20. The summed E-state index contributed by atoms with van der Waals surface area (Å²) in [7, 11) is 0. The molecule has 24 heavy (non-hydrogen) atoms. The normalized spacial score (nSPS) is 27.6. The lowest BCUT2D eigenvalue weighted by atomic mass is 9.79. The van der Waals surface area contributed by atoms with Gasteiger partial charge < -0.3 is 14.4 Å². The molecule has 0 N–H and O–H groups in total. The Morgan fingerprint density at radius 1 is 1.17 bits per heavy atom. The first-order chi connectivity index (χ1) is 11.7. The van der Waals surface area contributed by atoms with Crippen molar-refractivity contribution < 1.29 is 14.3 Å². The number of carbonyl (C=O) groups excluding carboxylic acids is 1. The van der Waals surface area contributed by atoms with Gasteiger partial charge in [0.15, 0.2) is 0 Å². The van der Waals surface area contributed by atoms with Gasteiger partial charge in [0.05, 0.1) is 13.2 Å². The Labute approximate surface area is 143 Å². The quantitative estimate of drug-likeness (QED) is 0.831. The predicted octanol–water partition coefficient (Wildman–Crippen LogP) is 1.91. The molecular weight excluding hydrogens is 304 g/mol. The van der Waals surface area contributed by atoms with Crippen LogP contribution in [0, 0.1) is 5.41 Å². The van der Waals surface area contributed by atoms with Gasteiger partial charge in [-0.05, 0) is 25.3 Å². The molecule has 3 aliphatic rings. The standard InChI is InChI=1S/C19H26N2O3/c22-18(21-8-3-6-19(14-21)7-10-23-15-19)13-20-9-11-24-17-5-2-1-4-16(17)12-20/h1-2,4-5H,3,6-15H2/t19-/m0/s1. The van der Waals surface area contributed by atoms with E-state index >= 15 is 0 Å². The second kappa shape index (κ2) is 6.73. The summed E-state index contributed by atoms with van der Waals surface area (Å²) in [6.07, 6.45) is 3.39. The fraction of sp³-hybridized carbons (Fsp3) is 0.632. The number of piperidine rings is 1. The van der Waals surface area contributed by atoms with Crippen LogP contribution in [0.1, 0.15) is 24.8 Å². The number of likely N-dealkylation sites (tertiary alicyclic amines) is 1. The molecule has 5 heteroatoms. The molecule has 0 bridgehead atoms. The molecule has 130 valence electrons. The number of benzene rings is 1. The van der Waals surface area contributed by atoms with Crippen molar-refractivity contribution in [3.63, 3.8) is 0 Å². The van der Waals surface area contributed by atoms with E-state index < -0.39 is 0 Å². The number of hydrogen-bond donors (Lipinski definition) is 0. The van der Waals surface area contributed by atoms with Crippen LogP contribution in [0.2, 0.25) is 0 Å². The minimum Gasteiger partial charge on any atom is -0.492 e. The van der Waals surface area contributed by atoms with Gasteiger partial charge in [-0.15, -0.1) is 0 Å². The zero-order chi connectivity index (χ0) is 16.4. The maximum Gasteiger partial charge on any atom is 0.236 e. The molecule has 0 radical (unpaired) electrons. The van der Waals surface area contributed by atoms with Crippen molar-refractivity contribution in [2.75, 3.05) is 46.0 Å². The Kier molecular flexibility index (Phi) is 4.46. The summed E-state index contributed by atoms with van der Waals surface area (Å²) in [6, 6.07) is 8.12. The topological polar surface area (TPSA) is 42.0 Å². The second-order valence-corrected chi connectivity index (χ2v) is 7.39. The highest BCUT2D eigenvalue weighted by Crippen LogP contribution is 2.37. The number of fused-ring (bicyclic) bond motifs is 1. The smallest absolute Gasteiger partial charge is 0.236 e. The van der Waals surface area contributed by atoms with Gasteiger partial charge in [0.1, 0.15) is 12.4 Å². The molecule has 1 amide bonds. The first-order valence-corrected chi connectivity index (χ1v) is 9.03. The van der Waals surface area contributed by atoms with Gasteiger partial charge >= 0.3 is 0 Å². The van der Waals surface area contributed by atoms with Crippen molar-refractivity contribution in [3.05, 3.63) is 29.8 Å². The second-order valence-electron chi connectivity index (χ2n) is 7.39. The van der Waals surface area contributed by atoms with E-state index in [1.165, 1.54) is 12.0 Å². The van der Waals surface area contributed by atoms with E-state index in [0.717, 1.165) is 58.0 Å². The van der Waals surface area contributed by atoms with Crippen LogP contribution in [0.5, 0.6) is 5.75 Å². The van der Waals surface area contributed by atoms with Crippen LogP contribution in [-0.4, -0.2) is 61.7 Å². The van der Waals surface area contributed by atoms with Gasteiger partial charge in [0.25, 0.3) is 0 Å². The van der Waals surface area contributed by atoms with E-state index in [4.69, 9.17) is 9.47 Å². The van der Waals surface area contributed by atoms with Gasteiger partial charge in [-0.1, -0.05) is 18.2 Å². The third-order valence-electron chi connectivity index (χ3n) is 5.59. The minimum absolute atomic E-state index is 0.225. The van der Waals surface area contributed by atoms with Crippen molar-refractivity contribution in [1.82, 2.24) is 9.80 Å². The summed E-state index contributed by atoms with van der Waals surface area (Å²) in [5.74, 6) is 1.20. The van der Waals surface area contributed by atoms with Crippen molar-refractivity contribution in [3.8, 4) is 5.75 Å². The number of hydrogen-bond acceptors (Lipinski definition) is 4. The van der Waals surface area contributed by atoms with Crippen LogP contribution >= 0.6 is 0 Å². The number of amides is 1. The lowest BCUT2D eigenvalue weighted by molar-refractivity contribution is -0.136. The third kappa shape index (κ3) is 3.28. The Morgan fingerprint density at radius 3 is 2.96 bits per heavy atom. The average molecular weight is 330 g/mol. The summed E-state index contributed by atoms with van der Waals surface area (Å²) < 4.78 is 11.4. The molecule has 0 unspecified atom stereocenters. The van der Waals surface area contributed by atoms with Crippen molar-refractivity contribution in [2.45, 2.75) is 25.8 Å². The Balaban J connectivity index is 1.39. The molecule has 4 rings (SSSR count). The summed E-state index contributed by atoms with van der Waals surface area (Å²) >= 11 is 0. The van der Waals surface area contributed by atoms with Gasteiger partial charge in [0, 0.05) is 43.8 Å². The molecule has 1 aromatic carbocycles. The number of carbonyl (C=O) groups is 1. The maximum absolute atomic E-state index is 12.8. The van der Waals surface area contributed by atoms with Crippen molar-refractivity contribution >= 4 is 5.91 Å². The number of rotatable bonds is 2. The number of nitrogens with zero attached hydrogens (tertiary/aromatic N) is 2. The molecule has 2 fully saturated rings. The van der Waals surface area contributed by atoms with Gasteiger partial charge in [-0.3, -0.25) is 9.69 Å². The van der Waals surface area contributed by atoms with Gasteiger partial charge in [-0.25, -0.2) is 0 Å². The van der Waals surface area contributed by atoms with Crippen LogP contribution < -0.4 is 4.74 Å². The van der Waals surface area contributed by atoms with Gasteiger partial charge in [0.2, 0.25) is 5.91 Å². The maximum atomic E-state index is 12.8. The number of ether oxygens (including phenoxy) is 2. The molecule has 0 saturated carbocycles. The molecule has 1 aromatic rings. The molecule has 3 heterocycles.